The van der Waals surface area contributed by atoms with Gasteiger partial charge in [0.1, 0.15) is 0 Å². The summed E-state index contributed by atoms with van der Waals surface area (Å²) in [6.45, 7) is 27.8. The van der Waals surface area contributed by atoms with Gasteiger partial charge in [0, 0.05) is 0 Å². The van der Waals surface area contributed by atoms with Crippen molar-refractivity contribution in [2.45, 2.75) is 111 Å². The molecule has 2 rings (SSSR count). The zero-order valence-electron chi connectivity index (χ0n) is 21.2. The Labute approximate surface area is 181 Å². The maximum atomic E-state index is 2.43. The Balaban J connectivity index is 2.61. The molecule has 2 aromatic carbocycles. The second-order valence-corrected chi connectivity index (χ2v) is 13.0. The van der Waals surface area contributed by atoms with Crippen LogP contribution in [0.1, 0.15) is 116 Å². The molecule has 0 heterocycles. The Morgan fingerprint density at radius 2 is 0.586 bits per heavy atom. The van der Waals surface area contributed by atoms with E-state index in [4.69, 9.17) is 0 Å². The minimum Gasteiger partial charge on any atom is -0.0561 e. The van der Waals surface area contributed by atoms with Crippen LogP contribution < -0.4 is 0 Å². The zero-order chi connectivity index (χ0) is 22.4. The summed E-state index contributed by atoms with van der Waals surface area (Å²) < 4.78 is 0. The summed E-state index contributed by atoms with van der Waals surface area (Å²) >= 11 is 0. The van der Waals surface area contributed by atoms with Crippen LogP contribution in [0.3, 0.4) is 0 Å². The number of hydrogen-bond acceptors (Lipinski definition) is 0. The molecular formula is C29H44. The smallest absolute Gasteiger partial charge is 0.00254 e. The fraction of sp³-hybridized carbons (Fsp3) is 0.586. The highest BCUT2D eigenvalue weighted by atomic mass is 14.3. The van der Waals surface area contributed by atoms with Crippen molar-refractivity contribution in [1.82, 2.24) is 0 Å². The SMILES string of the molecule is CC(C)(C)c1cc(Cc2cc(C(C)(C)C)cc(C(C)(C)C)c2)cc(C(C)(C)C)c1. The summed E-state index contributed by atoms with van der Waals surface area (Å²) in [6.07, 6.45) is 0.986. The van der Waals surface area contributed by atoms with Crippen molar-refractivity contribution in [1.29, 1.82) is 0 Å². The normalized spacial score (nSPS) is 13.7. The van der Waals surface area contributed by atoms with Gasteiger partial charge in [-0.05, 0) is 61.5 Å². The van der Waals surface area contributed by atoms with Crippen LogP contribution in [0.25, 0.3) is 0 Å². The molecule has 0 nitrogen and oxygen atoms in total. The van der Waals surface area contributed by atoms with Crippen LogP contribution in [0.2, 0.25) is 0 Å². The Morgan fingerprint density at radius 3 is 0.759 bits per heavy atom. The van der Waals surface area contributed by atoms with Crippen molar-refractivity contribution in [2.24, 2.45) is 0 Å². The monoisotopic (exact) mass is 392 g/mol. The van der Waals surface area contributed by atoms with E-state index >= 15 is 0 Å². The van der Waals surface area contributed by atoms with Crippen LogP contribution in [0, 0.1) is 0 Å². The second kappa shape index (κ2) is 7.60. The third-order valence-electron chi connectivity index (χ3n) is 5.86. The van der Waals surface area contributed by atoms with E-state index in [0.717, 1.165) is 6.42 Å². The minimum absolute atomic E-state index is 0.153. The largest absolute Gasteiger partial charge is 0.0561 e. The third-order valence-corrected chi connectivity index (χ3v) is 5.86. The quantitative estimate of drug-likeness (QED) is 0.481. The van der Waals surface area contributed by atoms with Crippen molar-refractivity contribution in [3.8, 4) is 0 Å². The second-order valence-electron chi connectivity index (χ2n) is 13.0. The lowest BCUT2D eigenvalue weighted by Crippen LogP contribution is -2.18. The third kappa shape index (κ3) is 6.21. The highest BCUT2D eigenvalue weighted by Gasteiger charge is 2.23. The van der Waals surface area contributed by atoms with Gasteiger partial charge in [0.15, 0.2) is 0 Å². The Bertz CT molecular complexity index is 715. The van der Waals surface area contributed by atoms with Crippen LogP contribution in [0.4, 0.5) is 0 Å². The molecule has 29 heavy (non-hydrogen) atoms. The van der Waals surface area contributed by atoms with E-state index in [9.17, 15) is 0 Å². The van der Waals surface area contributed by atoms with E-state index in [-0.39, 0.29) is 21.7 Å². The van der Waals surface area contributed by atoms with Crippen molar-refractivity contribution in [3.05, 3.63) is 69.8 Å². The van der Waals surface area contributed by atoms with Crippen molar-refractivity contribution < 1.29 is 0 Å². The van der Waals surface area contributed by atoms with E-state index in [1.54, 1.807) is 0 Å². The summed E-state index contributed by atoms with van der Waals surface area (Å²) in [5.41, 5.74) is 9.19. The van der Waals surface area contributed by atoms with E-state index in [1.165, 1.54) is 33.4 Å². The first-order chi connectivity index (χ1) is 12.9. The Morgan fingerprint density at radius 1 is 0.379 bits per heavy atom. The summed E-state index contributed by atoms with van der Waals surface area (Å²) in [5.74, 6) is 0. The maximum absolute atomic E-state index is 2.43. The van der Waals surface area contributed by atoms with Gasteiger partial charge in [0.25, 0.3) is 0 Å². The molecule has 0 N–H and O–H groups in total. The topological polar surface area (TPSA) is 0 Å². The predicted octanol–water partition coefficient (Wildman–Crippen LogP) is 8.47. The van der Waals surface area contributed by atoms with Gasteiger partial charge >= 0.3 is 0 Å². The summed E-state index contributed by atoms with van der Waals surface area (Å²) in [4.78, 5) is 0. The van der Waals surface area contributed by atoms with Gasteiger partial charge in [-0.25, -0.2) is 0 Å². The lowest BCUT2D eigenvalue weighted by molar-refractivity contribution is 0.566. The highest BCUT2D eigenvalue weighted by Crippen LogP contribution is 2.33. The van der Waals surface area contributed by atoms with E-state index in [0.29, 0.717) is 0 Å². The van der Waals surface area contributed by atoms with E-state index < -0.39 is 0 Å². The lowest BCUT2D eigenvalue weighted by Gasteiger charge is -2.27. The fourth-order valence-corrected chi connectivity index (χ4v) is 3.56. The molecule has 0 spiro atoms. The maximum Gasteiger partial charge on any atom is -0.00254 e. The molecule has 0 saturated heterocycles. The van der Waals surface area contributed by atoms with E-state index in [1.807, 2.05) is 0 Å². The Kier molecular flexibility index (Phi) is 6.22. The van der Waals surface area contributed by atoms with Crippen molar-refractivity contribution >= 4 is 0 Å². The van der Waals surface area contributed by atoms with Crippen LogP contribution in [0.5, 0.6) is 0 Å². The number of hydrogen-bond donors (Lipinski definition) is 0. The molecule has 0 radical (unpaired) electrons. The molecule has 0 amide bonds. The number of benzene rings is 2. The van der Waals surface area contributed by atoms with Gasteiger partial charge in [-0.3, -0.25) is 0 Å². The average Bonchev–Trinajstić information content (AvgIpc) is 2.51. The molecule has 0 unspecified atom stereocenters. The first kappa shape index (κ1) is 23.7. The molecule has 0 aliphatic rings. The molecule has 0 saturated carbocycles. The van der Waals surface area contributed by atoms with Gasteiger partial charge < -0.3 is 0 Å². The molecule has 0 aromatic heterocycles. The van der Waals surface area contributed by atoms with Crippen molar-refractivity contribution in [3.63, 3.8) is 0 Å². The Hall–Kier alpha value is -1.56. The lowest BCUT2D eigenvalue weighted by atomic mass is 9.77. The molecule has 160 valence electrons. The molecule has 0 atom stereocenters. The first-order valence-electron chi connectivity index (χ1n) is 11.2. The fourth-order valence-electron chi connectivity index (χ4n) is 3.56. The molecule has 0 aliphatic heterocycles. The zero-order valence-corrected chi connectivity index (χ0v) is 21.2. The van der Waals surface area contributed by atoms with Crippen LogP contribution in [-0.4, -0.2) is 0 Å². The molecule has 0 heteroatoms. The van der Waals surface area contributed by atoms with Gasteiger partial charge in [-0.1, -0.05) is 119 Å². The summed E-state index contributed by atoms with van der Waals surface area (Å²) in [7, 11) is 0. The highest BCUT2D eigenvalue weighted by molar-refractivity contribution is 5.43. The van der Waals surface area contributed by atoms with Gasteiger partial charge in [-0.15, -0.1) is 0 Å². The molecule has 0 bridgehead atoms. The molecule has 0 fully saturated rings. The van der Waals surface area contributed by atoms with Crippen LogP contribution in [0.15, 0.2) is 36.4 Å². The van der Waals surface area contributed by atoms with Gasteiger partial charge in [0.2, 0.25) is 0 Å². The summed E-state index contributed by atoms with van der Waals surface area (Å²) in [6, 6.07) is 14.5. The molecule has 2 aromatic rings. The first-order valence-corrected chi connectivity index (χ1v) is 11.2. The summed E-state index contributed by atoms with van der Waals surface area (Å²) in [5, 5.41) is 0. The predicted molar refractivity (Wildman–Crippen MR) is 130 cm³/mol. The standard InChI is InChI=1S/C29H44/c1-26(2,3)22-14-20(15-23(18-22)27(4,5)6)13-21-16-24(28(7,8)9)19-25(17-21)29(10,11)12/h14-19H,13H2,1-12H3. The average molecular weight is 393 g/mol. The van der Waals surface area contributed by atoms with Gasteiger partial charge in [-0.2, -0.15) is 0 Å². The van der Waals surface area contributed by atoms with Crippen molar-refractivity contribution in [2.75, 3.05) is 0 Å². The van der Waals surface area contributed by atoms with Gasteiger partial charge in [0.05, 0.1) is 0 Å². The molecular weight excluding hydrogens is 348 g/mol. The van der Waals surface area contributed by atoms with E-state index in [2.05, 4.69) is 119 Å². The molecule has 0 aliphatic carbocycles. The number of rotatable bonds is 2. The van der Waals surface area contributed by atoms with Crippen LogP contribution >= 0.6 is 0 Å². The van der Waals surface area contributed by atoms with Crippen LogP contribution in [-0.2, 0) is 28.1 Å². The minimum atomic E-state index is 0.153.